The van der Waals surface area contributed by atoms with Crippen LogP contribution in [-0.2, 0) is 0 Å². The van der Waals surface area contributed by atoms with Crippen molar-refractivity contribution in [3.63, 3.8) is 0 Å². The summed E-state index contributed by atoms with van der Waals surface area (Å²) in [7, 11) is 0. The van der Waals surface area contributed by atoms with Gasteiger partial charge in [-0.2, -0.15) is 5.26 Å². The molecule has 2 aromatic heterocycles. The van der Waals surface area contributed by atoms with Gasteiger partial charge >= 0.3 is 0 Å². The maximum Gasteiger partial charge on any atom is 0.262 e. The number of piperidine rings is 1. The van der Waals surface area contributed by atoms with Crippen LogP contribution >= 0.6 is 0 Å². The number of likely N-dealkylation sites (tertiary alicyclic amines) is 1. The smallest absolute Gasteiger partial charge is 0.262 e. The number of nitrogens with one attached hydrogen (secondary N) is 1. The number of anilines is 1. The van der Waals surface area contributed by atoms with Crippen LogP contribution in [0, 0.1) is 24.2 Å². The fourth-order valence-electron chi connectivity index (χ4n) is 6.95. The molecule has 2 amide bonds. The lowest BCUT2D eigenvalue weighted by Crippen LogP contribution is -2.39. The number of hydrogen-bond acceptors (Lipinski definition) is 6. The monoisotopic (exact) mass is 622 g/mol. The van der Waals surface area contributed by atoms with E-state index in [1.165, 1.54) is 18.4 Å². The van der Waals surface area contributed by atoms with Crippen molar-refractivity contribution in [1.29, 1.82) is 5.26 Å². The second-order valence-corrected chi connectivity index (χ2v) is 12.7. The summed E-state index contributed by atoms with van der Waals surface area (Å²) in [6.07, 6.45) is 5.63. The first kappa shape index (κ1) is 28.9. The first-order valence-corrected chi connectivity index (χ1v) is 16.3. The van der Waals surface area contributed by atoms with Crippen LogP contribution in [-0.4, -0.2) is 57.9 Å². The third-order valence-electron chi connectivity index (χ3n) is 9.71. The molecule has 0 bridgehead atoms. The Balaban J connectivity index is 1.08. The minimum absolute atomic E-state index is 0.0439. The van der Waals surface area contributed by atoms with Crippen molar-refractivity contribution in [2.75, 3.05) is 31.1 Å². The van der Waals surface area contributed by atoms with Crippen LogP contribution in [0.15, 0.2) is 73.1 Å². The molecule has 8 rings (SSSR count). The number of hydrogen-bond donors (Lipinski definition) is 1. The van der Waals surface area contributed by atoms with E-state index >= 15 is 0 Å². The number of H-pyrrole nitrogens is 1. The molecule has 47 heavy (non-hydrogen) atoms. The van der Waals surface area contributed by atoms with Crippen LogP contribution in [0.3, 0.4) is 0 Å². The summed E-state index contributed by atoms with van der Waals surface area (Å²) in [6.45, 7) is 4.04. The molecule has 9 nitrogen and oxygen atoms in total. The van der Waals surface area contributed by atoms with Crippen molar-refractivity contribution in [2.24, 2.45) is 5.92 Å². The lowest BCUT2D eigenvalue weighted by Gasteiger charge is -2.29. The summed E-state index contributed by atoms with van der Waals surface area (Å²) in [5, 5.41) is 10.2. The Morgan fingerprint density at radius 1 is 1.00 bits per heavy atom. The average molecular weight is 623 g/mol. The molecule has 4 heterocycles. The molecule has 3 aromatic carbocycles. The van der Waals surface area contributed by atoms with Crippen LogP contribution in [0.4, 0.5) is 5.69 Å². The predicted molar refractivity (Wildman–Crippen MR) is 179 cm³/mol. The standard InChI is InChI=1S/C38H34N6O3/c1-23-29(5-2-6-33(23)44-16-17-47-34-18-28(25-7-8-25)13-14-30(34)38(44)46)35-31-19-32(42-36(31)41-22-40-35)26-9-11-27(12-10-26)37(45)43-15-3-4-24(20-39)21-43/h2,5-6,9-14,18-19,22,24-25H,3-4,7-8,15-17,21H2,1H3,(H,40,41,42). The van der Waals surface area contributed by atoms with Gasteiger partial charge in [-0.1, -0.05) is 30.3 Å². The highest BCUT2D eigenvalue weighted by Gasteiger charge is 2.30. The molecular formula is C38H34N6O3. The van der Waals surface area contributed by atoms with E-state index in [2.05, 4.69) is 22.1 Å². The fourth-order valence-corrected chi connectivity index (χ4v) is 6.95. The summed E-state index contributed by atoms with van der Waals surface area (Å²) >= 11 is 0. The maximum absolute atomic E-state index is 13.9. The number of fused-ring (bicyclic) bond motifs is 2. The number of carbonyl (C=O) groups is 2. The lowest BCUT2D eigenvalue weighted by molar-refractivity contribution is 0.0698. The van der Waals surface area contributed by atoms with Crippen LogP contribution < -0.4 is 9.64 Å². The number of amides is 2. The third-order valence-corrected chi connectivity index (χ3v) is 9.71. The molecule has 234 valence electrons. The van der Waals surface area contributed by atoms with Crippen molar-refractivity contribution < 1.29 is 14.3 Å². The van der Waals surface area contributed by atoms with E-state index in [4.69, 9.17) is 9.72 Å². The average Bonchev–Trinajstić information content (AvgIpc) is 3.90. The highest BCUT2D eigenvalue weighted by Crippen LogP contribution is 2.42. The number of aromatic amines is 1. The van der Waals surface area contributed by atoms with Crippen molar-refractivity contribution in [3.05, 3.63) is 95.3 Å². The molecule has 9 heteroatoms. The molecule has 1 unspecified atom stereocenters. The van der Waals surface area contributed by atoms with Crippen LogP contribution in [0.1, 0.15) is 63.4 Å². The molecule has 2 aliphatic heterocycles. The van der Waals surface area contributed by atoms with Crippen molar-refractivity contribution >= 4 is 28.5 Å². The van der Waals surface area contributed by atoms with Crippen molar-refractivity contribution in [3.8, 4) is 34.3 Å². The zero-order valence-corrected chi connectivity index (χ0v) is 26.2. The van der Waals surface area contributed by atoms with E-state index in [1.54, 1.807) is 11.2 Å². The summed E-state index contributed by atoms with van der Waals surface area (Å²) in [5.74, 6) is 1.04. The van der Waals surface area contributed by atoms with Crippen LogP contribution in [0.2, 0.25) is 0 Å². The predicted octanol–water partition coefficient (Wildman–Crippen LogP) is 6.89. The zero-order valence-electron chi connectivity index (χ0n) is 26.2. The minimum Gasteiger partial charge on any atom is -0.491 e. The lowest BCUT2D eigenvalue weighted by atomic mass is 9.98. The van der Waals surface area contributed by atoms with Gasteiger partial charge < -0.3 is 19.5 Å². The van der Waals surface area contributed by atoms with E-state index in [-0.39, 0.29) is 17.7 Å². The van der Waals surface area contributed by atoms with E-state index in [1.807, 2.05) is 72.5 Å². The second kappa shape index (κ2) is 11.7. The zero-order chi connectivity index (χ0) is 32.1. The molecule has 1 saturated heterocycles. The van der Waals surface area contributed by atoms with Gasteiger partial charge in [0, 0.05) is 41.0 Å². The second-order valence-electron chi connectivity index (χ2n) is 12.7. The Bertz CT molecular complexity index is 2070. The highest BCUT2D eigenvalue weighted by molar-refractivity contribution is 6.09. The van der Waals surface area contributed by atoms with Crippen LogP contribution in [0.25, 0.3) is 33.5 Å². The number of benzene rings is 3. The summed E-state index contributed by atoms with van der Waals surface area (Å²) < 4.78 is 6.09. The summed E-state index contributed by atoms with van der Waals surface area (Å²) in [4.78, 5) is 43.2. The molecule has 1 aliphatic carbocycles. The van der Waals surface area contributed by atoms with E-state index in [0.29, 0.717) is 54.7 Å². The highest BCUT2D eigenvalue weighted by atomic mass is 16.5. The number of nitrogens with zero attached hydrogens (tertiary/aromatic N) is 5. The van der Waals surface area contributed by atoms with Gasteiger partial charge in [0.15, 0.2) is 0 Å². The number of nitriles is 1. The quantitative estimate of drug-likeness (QED) is 0.228. The summed E-state index contributed by atoms with van der Waals surface area (Å²) in [6, 6.07) is 23.9. The number of carbonyl (C=O) groups excluding carboxylic acids is 2. The molecule has 3 aliphatic rings. The normalized spacial score (nSPS) is 18.0. The number of rotatable bonds is 5. The van der Waals surface area contributed by atoms with Crippen molar-refractivity contribution in [1.82, 2.24) is 19.9 Å². The molecule has 0 radical (unpaired) electrons. The Morgan fingerprint density at radius 3 is 2.66 bits per heavy atom. The fraction of sp³-hybridized carbons (Fsp3) is 0.289. The minimum atomic E-state index is -0.103. The van der Waals surface area contributed by atoms with Gasteiger partial charge in [0.2, 0.25) is 0 Å². The molecular weight excluding hydrogens is 588 g/mol. The van der Waals surface area contributed by atoms with E-state index < -0.39 is 0 Å². The molecule has 1 saturated carbocycles. The first-order valence-electron chi connectivity index (χ1n) is 16.3. The first-order chi connectivity index (χ1) is 23.0. The molecule has 1 N–H and O–H groups in total. The van der Waals surface area contributed by atoms with Gasteiger partial charge in [0.1, 0.15) is 24.3 Å². The van der Waals surface area contributed by atoms with Gasteiger partial charge in [-0.15, -0.1) is 0 Å². The number of ether oxygens (including phenoxy) is 1. The molecule has 0 spiro atoms. The SMILES string of the molecule is Cc1c(-c2ncnc3[nH]c(-c4ccc(C(=O)N5CCCC(C#N)C5)cc4)cc23)cccc1N1CCOc2cc(C3CC3)ccc2C1=O. The maximum atomic E-state index is 13.9. The molecule has 1 atom stereocenters. The van der Waals surface area contributed by atoms with Gasteiger partial charge in [-0.25, -0.2) is 9.97 Å². The molecule has 5 aromatic rings. The Morgan fingerprint density at radius 2 is 1.85 bits per heavy atom. The van der Waals surface area contributed by atoms with Gasteiger partial charge in [-0.3, -0.25) is 9.59 Å². The largest absolute Gasteiger partial charge is 0.491 e. The Hall–Kier alpha value is -5.49. The van der Waals surface area contributed by atoms with Gasteiger partial charge in [0.25, 0.3) is 11.8 Å². The molecule has 2 fully saturated rings. The Kier molecular flexibility index (Phi) is 7.21. The van der Waals surface area contributed by atoms with E-state index in [9.17, 15) is 14.9 Å². The van der Waals surface area contributed by atoms with Gasteiger partial charge in [0.05, 0.1) is 29.8 Å². The van der Waals surface area contributed by atoms with Gasteiger partial charge in [-0.05, 0) is 91.6 Å². The number of aromatic nitrogens is 3. The topological polar surface area (TPSA) is 115 Å². The van der Waals surface area contributed by atoms with Crippen molar-refractivity contribution in [2.45, 2.75) is 38.5 Å². The summed E-state index contributed by atoms with van der Waals surface area (Å²) in [5.41, 5.74) is 8.39. The Labute approximate surface area is 272 Å². The van der Waals surface area contributed by atoms with E-state index in [0.717, 1.165) is 52.0 Å². The third kappa shape index (κ3) is 5.30. The van der Waals surface area contributed by atoms with Crippen LogP contribution in [0.5, 0.6) is 5.75 Å².